The third-order valence-electron chi connectivity index (χ3n) is 3.36. The van der Waals surface area contributed by atoms with Crippen molar-refractivity contribution in [2.45, 2.75) is 38.2 Å². The topological polar surface area (TPSA) is 20.2 Å². The molecule has 1 saturated carbocycles. The van der Waals surface area contributed by atoms with Gasteiger partial charge in [0, 0.05) is 5.02 Å². The molecule has 0 amide bonds. The summed E-state index contributed by atoms with van der Waals surface area (Å²) < 4.78 is 13.5. The monoisotopic (exact) mass is 242 g/mol. The molecule has 1 nitrogen and oxygen atoms in total. The van der Waals surface area contributed by atoms with Crippen molar-refractivity contribution >= 4 is 11.6 Å². The molecule has 16 heavy (non-hydrogen) atoms. The van der Waals surface area contributed by atoms with Gasteiger partial charge < -0.3 is 5.11 Å². The van der Waals surface area contributed by atoms with Gasteiger partial charge in [-0.05, 0) is 48.9 Å². The molecule has 1 aromatic carbocycles. The second kappa shape index (κ2) is 5.15. The summed E-state index contributed by atoms with van der Waals surface area (Å²) in [6.45, 7) is 0. The zero-order valence-corrected chi connectivity index (χ0v) is 9.88. The Kier molecular flexibility index (Phi) is 3.82. The lowest BCUT2D eigenvalue weighted by Gasteiger charge is -2.27. The van der Waals surface area contributed by atoms with Gasteiger partial charge in [0.1, 0.15) is 5.82 Å². The Morgan fingerprint density at radius 2 is 2.06 bits per heavy atom. The number of hydrogen-bond acceptors (Lipinski definition) is 1. The highest BCUT2D eigenvalue weighted by Crippen LogP contribution is 2.29. The third kappa shape index (κ3) is 2.74. The molecule has 0 radical (unpaired) electrons. The molecule has 1 aliphatic rings. The van der Waals surface area contributed by atoms with Crippen LogP contribution < -0.4 is 0 Å². The van der Waals surface area contributed by atoms with E-state index in [-0.39, 0.29) is 17.8 Å². The normalized spacial score (nSPS) is 25.7. The SMILES string of the molecule is OC1CCCCC1Cc1cc(Cl)ccc1F. The molecule has 0 spiro atoms. The minimum absolute atomic E-state index is 0.182. The molecular weight excluding hydrogens is 227 g/mol. The van der Waals surface area contributed by atoms with Crippen LogP contribution in [0.2, 0.25) is 5.02 Å². The summed E-state index contributed by atoms with van der Waals surface area (Å²) in [5, 5.41) is 10.4. The van der Waals surface area contributed by atoms with E-state index >= 15 is 0 Å². The predicted molar refractivity (Wildman–Crippen MR) is 63.1 cm³/mol. The first-order valence-electron chi connectivity index (χ1n) is 5.79. The zero-order valence-electron chi connectivity index (χ0n) is 9.13. The van der Waals surface area contributed by atoms with Gasteiger partial charge in [0.15, 0.2) is 0 Å². The number of aliphatic hydroxyl groups excluding tert-OH is 1. The fraction of sp³-hybridized carbons (Fsp3) is 0.538. The Labute approximate surface area is 100 Å². The van der Waals surface area contributed by atoms with Gasteiger partial charge in [-0.15, -0.1) is 0 Å². The van der Waals surface area contributed by atoms with E-state index in [2.05, 4.69) is 0 Å². The summed E-state index contributed by atoms with van der Waals surface area (Å²) in [4.78, 5) is 0. The molecule has 1 fully saturated rings. The van der Waals surface area contributed by atoms with Gasteiger partial charge in [-0.25, -0.2) is 4.39 Å². The van der Waals surface area contributed by atoms with E-state index in [4.69, 9.17) is 11.6 Å². The zero-order chi connectivity index (χ0) is 11.5. The highest BCUT2D eigenvalue weighted by molar-refractivity contribution is 6.30. The maximum absolute atomic E-state index is 13.5. The highest BCUT2D eigenvalue weighted by Gasteiger charge is 2.24. The van der Waals surface area contributed by atoms with E-state index in [0.717, 1.165) is 25.7 Å². The van der Waals surface area contributed by atoms with E-state index in [1.807, 2.05) is 0 Å². The molecule has 2 rings (SSSR count). The molecule has 1 aromatic rings. The Morgan fingerprint density at radius 1 is 1.31 bits per heavy atom. The fourth-order valence-corrected chi connectivity index (χ4v) is 2.60. The van der Waals surface area contributed by atoms with Crippen LogP contribution in [0.1, 0.15) is 31.2 Å². The van der Waals surface area contributed by atoms with Crippen LogP contribution in [0.3, 0.4) is 0 Å². The van der Waals surface area contributed by atoms with Crippen LogP contribution in [0.15, 0.2) is 18.2 Å². The van der Waals surface area contributed by atoms with Crippen LogP contribution in [-0.2, 0) is 6.42 Å². The summed E-state index contributed by atoms with van der Waals surface area (Å²) in [6, 6.07) is 4.61. The van der Waals surface area contributed by atoms with E-state index in [1.54, 1.807) is 12.1 Å². The molecule has 2 unspecified atom stereocenters. The largest absolute Gasteiger partial charge is 0.393 e. The van der Waals surface area contributed by atoms with Crippen LogP contribution in [0, 0.1) is 11.7 Å². The van der Waals surface area contributed by atoms with Gasteiger partial charge in [0.05, 0.1) is 6.10 Å². The number of hydrogen-bond donors (Lipinski definition) is 1. The molecule has 1 N–H and O–H groups in total. The van der Waals surface area contributed by atoms with E-state index in [0.29, 0.717) is 17.0 Å². The van der Waals surface area contributed by atoms with Gasteiger partial charge in [-0.3, -0.25) is 0 Å². The van der Waals surface area contributed by atoms with E-state index in [9.17, 15) is 9.50 Å². The molecule has 88 valence electrons. The average molecular weight is 243 g/mol. The molecule has 0 aliphatic heterocycles. The van der Waals surface area contributed by atoms with E-state index in [1.165, 1.54) is 6.07 Å². The van der Waals surface area contributed by atoms with Crippen molar-refractivity contribution in [3.8, 4) is 0 Å². The Morgan fingerprint density at radius 3 is 2.81 bits per heavy atom. The van der Waals surface area contributed by atoms with Crippen molar-refractivity contribution in [3.05, 3.63) is 34.6 Å². The van der Waals surface area contributed by atoms with Crippen molar-refractivity contribution < 1.29 is 9.50 Å². The van der Waals surface area contributed by atoms with Crippen LogP contribution in [0.25, 0.3) is 0 Å². The first-order chi connectivity index (χ1) is 7.66. The predicted octanol–water partition coefficient (Wildman–Crippen LogP) is 3.57. The Hall–Kier alpha value is -0.600. The number of aliphatic hydroxyl groups is 1. The smallest absolute Gasteiger partial charge is 0.126 e. The van der Waals surface area contributed by atoms with Gasteiger partial charge in [-0.2, -0.15) is 0 Å². The van der Waals surface area contributed by atoms with Crippen LogP contribution in [0.5, 0.6) is 0 Å². The van der Waals surface area contributed by atoms with Crippen molar-refractivity contribution in [3.63, 3.8) is 0 Å². The lowest BCUT2D eigenvalue weighted by atomic mass is 9.82. The quantitative estimate of drug-likeness (QED) is 0.841. The van der Waals surface area contributed by atoms with Crippen LogP contribution in [-0.4, -0.2) is 11.2 Å². The van der Waals surface area contributed by atoms with Crippen molar-refractivity contribution in [2.24, 2.45) is 5.92 Å². The van der Waals surface area contributed by atoms with Crippen LogP contribution >= 0.6 is 11.6 Å². The van der Waals surface area contributed by atoms with E-state index < -0.39 is 0 Å². The average Bonchev–Trinajstić information content (AvgIpc) is 2.27. The summed E-state index contributed by atoms with van der Waals surface area (Å²) in [5.41, 5.74) is 0.624. The van der Waals surface area contributed by atoms with Crippen molar-refractivity contribution in [1.82, 2.24) is 0 Å². The Bertz CT molecular complexity index is 367. The summed E-state index contributed by atoms with van der Waals surface area (Å²) in [5.74, 6) is -0.0381. The van der Waals surface area contributed by atoms with Gasteiger partial charge >= 0.3 is 0 Å². The van der Waals surface area contributed by atoms with Crippen LogP contribution in [0.4, 0.5) is 4.39 Å². The molecule has 1 aliphatic carbocycles. The lowest BCUT2D eigenvalue weighted by Crippen LogP contribution is -2.26. The molecule has 2 atom stereocenters. The number of rotatable bonds is 2. The van der Waals surface area contributed by atoms with Gasteiger partial charge in [0.25, 0.3) is 0 Å². The molecule has 3 heteroatoms. The first kappa shape index (κ1) is 11.9. The lowest BCUT2D eigenvalue weighted by molar-refractivity contribution is 0.0696. The minimum atomic E-state index is -0.285. The second-order valence-electron chi connectivity index (χ2n) is 4.55. The van der Waals surface area contributed by atoms with Crippen molar-refractivity contribution in [1.29, 1.82) is 0 Å². The third-order valence-corrected chi connectivity index (χ3v) is 3.59. The minimum Gasteiger partial charge on any atom is -0.393 e. The van der Waals surface area contributed by atoms with Crippen molar-refractivity contribution in [2.75, 3.05) is 0 Å². The summed E-state index contributed by atoms with van der Waals surface area (Å²) in [7, 11) is 0. The Balaban J connectivity index is 2.10. The molecular formula is C13H16ClFO. The van der Waals surface area contributed by atoms with Gasteiger partial charge in [-0.1, -0.05) is 24.4 Å². The second-order valence-corrected chi connectivity index (χ2v) is 4.99. The maximum Gasteiger partial charge on any atom is 0.126 e. The fourth-order valence-electron chi connectivity index (χ4n) is 2.41. The summed E-state index contributed by atoms with van der Waals surface area (Å²) >= 11 is 5.84. The highest BCUT2D eigenvalue weighted by atomic mass is 35.5. The van der Waals surface area contributed by atoms with Gasteiger partial charge in [0.2, 0.25) is 0 Å². The number of benzene rings is 1. The molecule has 0 aromatic heterocycles. The number of halogens is 2. The molecule has 0 saturated heterocycles. The summed E-state index contributed by atoms with van der Waals surface area (Å²) in [6.07, 6.45) is 4.33. The first-order valence-corrected chi connectivity index (χ1v) is 6.16. The maximum atomic E-state index is 13.5. The molecule has 0 heterocycles. The molecule has 0 bridgehead atoms. The standard InChI is InChI=1S/C13H16ClFO/c14-11-5-6-12(15)10(8-11)7-9-3-1-2-4-13(9)16/h5-6,8-9,13,16H,1-4,7H2.